The van der Waals surface area contributed by atoms with Crippen molar-refractivity contribution in [2.24, 2.45) is 0 Å². The van der Waals surface area contributed by atoms with Crippen molar-refractivity contribution in [3.05, 3.63) is 47.5 Å². The van der Waals surface area contributed by atoms with Crippen LogP contribution >= 0.6 is 11.6 Å². The largest absolute Gasteiger partial charge is 0.316 e. The van der Waals surface area contributed by atoms with Gasteiger partial charge in [-0.3, -0.25) is 0 Å². The van der Waals surface area contributed by atoms with Crippen LogP contribution in [0.4, 0.5) is 0 Å². The molecule has 2 aromatic rings. The van der Waals surface area contributed by atoms with Crippen LogP contribution in [0.5, 0.6) is 0 Å². The number of hydrogen-bond donors (Lipinski definition) is 1. The second kappa shape index (κ2) is 5.05. The van der Waals surface area contributed by atoms with E-state index in [-0.39, 0.29) is 5.28 Å². The highest BCUT2D eigenvalue weighted by molar-refractivity contribution is 6.28. The van der Waals surface area contributed by atoms with Gasteiger partial charge in [0.2, 0.25) is 5.28 Å². The molecule has 0 aliphatic rings. The van der Waals surface area contributed by atoms with Crippen molar-refractivity contribution >= 4 is 11.6 Å². The molecular weight excluding hydrogens is 222 g/mol. The molecule has 16 heavy (non-hydrogen) atoms. The summed E-state index contributed by atoms with van der Waals surface area (Å²) < 4.78 is 0. The zero-order chi connectivity index (χ0) is 11.4. The fraction of sp³-hybridized carbons (Fsp3) is 0.167. The molecule has 0 amide bonds. The van der Waals surface area contributed by atoms with Crippen molar-refractivity contribution in [1.29, 1.82) is 0 Å². The monoisotopic (exact) mass is 233 g/mol. The van der Waals surface area contributed by atoms with Gasteiger partial charge in [-0.25, -0.2) is 9.97 Å². The van der Waals surface area contributed by atoms with Crippen LogP contribution in [-0.2, 0) is 6.54 Å². The van der Waals surface area contributed by atoms with Crippen molar-refractivity contribution in [3.8, 4) is 11.1 Å². The lowest BCUT2D eigenvalue weighted by atomic mass is 10.1. The lowest BCUT2D eigenvalue weighted by molar-refractivity contribution is 0.818. The van der Waals surface area contributed by atoms with Gasteiger partial charge in [0.25, 0.3) is 0 Å². The molecule has 0 spiro atoms. The van der Waals surface area contributed by atoms with E-state index >= 15 is 0 Å². The van der Waals surface area contributed by atoms with E-state index in [2.05, 4.69) is 27.4 Å². The third-order valence-corrected chi connectivity index (χ3v) is 2.46. The van der Waals surface area contributed by atoms with Crippen LogP contribution < -0.4 is 5.32 Å². The molecule has 1 heterocycles. The number of nitrogens with one attached hydrogen (secondary N) is 1. The minimum absolute atomic E-state index is 0.273. The predicted octanol–water partition coefficient (Wildman–Crippen LogP) is 2.52. The first kappa shape index (κ1) is 11.0. The van der Waals surface area contributed by atoms with E-state index in [1.54, 1.807) is 12.4 Å². The lowest BCUT2D eigenvalue weighted by Crippen LogP contribution is -2.04. The molecule has 4 heteroatoms. The first-order chi connectivity index (χ1) is 7.79. The molecule has 1 N–H and O–H groups in total. The van der Waals surface area contributed by atoms with E-state index in [1.807, 2.05) is 19.2 Å². The Morgan fingerprint density at radius 2 is 1.94 bits per heavy atom. The van der Waals surface area contributed by atoms with Gasteiger partial charge in [-0.05, 0) is 35.8 Å². The maximum Gasteiger partial charge on any atom is 0.222 e. The summed E-state index contributed by atoms with van der Waals surface area (Å²) >= 11 is 5.65. The van der Waals surface area contributed by atoms with Gasteiger partial charge < -0.3 is 5.32 Å². The summed E-state index contributed by atoms with van der Waals surface area (Å²) in [5.74, 6) is 0. The Kier molecular flexibility index (Phi) is 3.49. The van der Waals surface area contributed by atoms with Crippen LogP contribution in [0.15, 0.2) is 36.7 Å². The molecule has 0 aliphatic heterocycles. The standard InChI is InChI=1S/C12H12ClN3/c1-14-6-9-3-2-4-10(5-9)11-7-15-12(13)16-8-11/h2-5,7-8,14H,6H2,1H3. The highest BCUT2D eigenvalue weighted by atomic mass is 35.5. The maximum absolute atomic E-state index is 5.65. The smallest absolute Gasteiger partial charge is 0.222 e. The van der Waals surface area contributed by atoms with Crippen molar-refractivity contribution in [3.63, 3.8) is 0 Å². The number of benzene rings is 1. The fourth-order valence-electron chi connectivity index (χ4n) is 1.53. The van der Waals surface area contributed by atoms with Crippen LogP contribution in [0.1, 0.15) is 5.56 Å². The quantitative estimate of drug-likeness (QED) is 0.828. The van der Waals surface area contributed by atoms with Crippen LogP contribution in [0.3, 0.4) is 0 Å². The summed E-state index contributed by atoms with van der Waals surface area (Å²) in [5.41, 5.74) is 3.31. The summed E-state index contributed by atoms with van der Waals surface area (Å²) in [7, 11) is 1.93. The van der Waals surface area contributed by atoms with Crippen LogP contribution in [0.2, 0.25) is 5.28 Å². The molecule has 0 atom stereocenters. The Morgan fingerprint density at radius 1 is 1.19 bits per heavy atom. The Labute approximate surface area is 99.5 Å². The number of aromatic nitrogens is 2. The maximum atomic E-state index is 5.65. The van der Waals surface area contributed by atoms with Gasteiger partial charge in [0.05, 0.1) is 0 Å². The van der Waals surface area contributed by atoms with Gasteiger partial charge in [-0.15, -0.1) is 0 Å². The van der Waals surface area contributed by atoms with Gasteiger partial charge >= 0.3 is 0 Å². The normalized spacial score (nSPS) is 10.4. The first-order valence-electron chi connectivity index (χ1n) is 5.01. The number of hydrogen-bond acceptors (Lipinski definition) is 3. The molecular formula is C12H12ClN3. The van der Waals surface area contributed by atoms with Crippen molar-refractivity contribution in [2.75, 3.05) is 7.05 Å². The second-order valence-corrected chi connectivity index (χ2v) is 3.81. The van der Waals surface area contributed by atoms with Crippen molar-refractivity contribution in [1.82, 2.24) is 15.3 Å². The summed E-state index contributed by atoms with van der Waals surface area (Å²) in [6.07, 6.45) is 3.46. The zero-order valence-electron chi connectivity index (χ0n) is 8.94. The molecule has 0 aliphatic carbocycles. The average Bonchev–Trinajstić information content (AvgIpc) is 2.31. The Morgan fingerprint density at radius 3 is 2.62 bits per heavy atom. The number of rotatable bonds is 3. The first-order valence-corrected chi connectivity index (χ1v) is 5.39. The van der Waals surface area contributed by atoms with E-state index < -0.39 is 0 Å². The Hall–Kier alpha value is -1.45. The van der Waals surface area contributed by atoms with Crippen LogP contribution in [0.25, 0.3) is 11.1 Å². The summed E-state index contributed by atoms with van der Waals surface area (Å²) in [6, 6.07) is 8.25. The summed E-state index contributed by atoms with van der Waals surface area (Å²) in [4.78, 5) is 7.94. The fourth-order valence-corrected chi connectivity index (χ4v) is 1.62. The van der Waals surface area contributed by atoms with Gasteiger partial charge in [0.15, 0.2) is 0 Å². The van der Waals surface area contributed by atoms with Gasteiger partial charge in [0, 0.05) is 24.5 Å². The number of nitrogens with zero attached hydrogens (tertiary/aromatic N) is 2. The van der Waals surface area contributed by atoms with Gasteiger partial charge in [-0.1, -0.05) is 18.2 Å². The molecule has 0 bridgehead atoms. The Balaban J connectivity index is 2.32. The molecule has 0 saturated heterocycles. The minimum atomic E-state index is 0.273. The zero-order valence-corrected chi connectivity index (χ0v) is 9.70. The average molecular weight is 234 g/mol. The third kappa shape index (κ3) is 2.56. The molecule has 0 fully saturated rings. The molecule has 82 valence electrons. The second-order valence-electron chi connectivity index (χ2n) is 3.47. The van der Waals surface area contributed by atoms with Crippen molar-refractivity contribution < 1.29 is 0 Å². The van der Waals surface area contributed by atoms with Gasteiger partial charge in [-0.2, -0.15) is 0 Å². The minimum Gasteiger partial charge on any atom is -0.316 e. The summed E-state index contributed by atoms with van der Waals surface area (Å²) in [5, 5.41) is 3.39. The number of halogens is 1. The highest BCUT2D eigenvalue weighted by Crippen LogP contribution is 2.19. The molecule has 1 aromatic carbocycles. The molecule has 3 nitrogen and oxygen atoms in total. The molecule has 0 radical (unpaired) electrons. The van der Waals surface area contributed by atoms with Gasteiger partial charge in [0.1, 0.15) is 0 Å². The Bertz CT molecular complexity index is 468. The summed E-state index contributed by atoms with van der Waals surface area (Å²) in [6.45, 7) is 0.849. The topological polar surface area (TPSA) is 37.8 Å². The van der Waals surface area contributed by atoms with Crippen LogP contribution in [0, 0.1) is 0 Å². The van der Waals surface area contributed by atoms with E-state index in [9.17, 15) is 0 Å². The third-order valence-electron chi connectivity index (χ3n) is 2.26. The predicted molar refractivity (Wildman–Crippen MR) is 65.2 cm³/mol. The highest BCUT2D eigenvalue weighted by Gasteiger charge is 2.00. The van der Waals surface area contributed by atoms with E-state index in [0.717, 1.165) is 17.7 Å². The van der Waals surface area contributed by atoms with E-state index in [0.29, 0.717) is 0 Å². The molecule has 2 rings (SSSR count). The SMILES string of the molecule is CNCc1cccc(-c2cnc(Cl)nc2)c1. The van der Waals surface area contributed by atoms with Crippen LogP contribution in [-0.4, -0.2) is 17.0 Å². The molecule has 0 unspecified atom stereocenters. The van der Waals surface area contributed by atoms with Crippen molar-refractivity contribution in [2.45, 2.75) is 6.54 Å². The molecule has 0 saturated carbocycles. The molecule has 1 aromatic heterocycles. The van der Waals surface area contributed by atoms with E-state index in [1.165, 1.54) is 5.56 Å². The van der Waals surface area contributed by atoms with E-state index in [4.69, 9.17) is 11.6 Å². The lowest BCUT2D eigenvalue weighted by Gasteiger charge is -2.04.